The molecule has 4 nitrogen and oxygen atoms in total. The Morgan fingerprint density at radius 1 is 1.06 bits per heavy atom. The van der Waals surface area contributed by atoms with Gasteiger partial charge in [-0.15, -0.1) is 0 Å². The maximum absolute atomic E-state index is 13.5. The molecule has 0 aliphatic carbocycles. The summed E-state index contributed by atoms with van der Waals surface area (Å²) in [6.45, 7) is 11.8. The lowest BCUT2D eigenvalue weighted by atomic mass is 9.70. The number of nitrogens with one attached hydrogen (secondary N) is 1. The Morgan fingerprint density at radius 2 is 1.70 bits per heavy atom. The van der Waals surface area contributed by atoms with Crippen LogP contribution in [-0.4, -0.2) is 35.8 Å². The van der Waals surface area contributed by atoms with Gasteiger partial charge < -0.3 is 10.2 Å². The van der Waals surface area contributed by atoms with E-state index in [1.807, 2.05) is 68.1 Å². The van der Waals surface area contributed by atoms with Crippen molar-refractivity contribution in [3.05, 3.63) is 70.7 Å². The van der Waals surface area contributed by atoms with Crippen LogP contribution in [0, 0.1) is 11.3 Å². The smallest absolute Gasteiger partial charge is 0.245 e. The summed E-state index contributed by atoms with van der Waals surface area (Å²) in [6.07, 6.45) is 1.26. The molecule has 5 heteroatoms. The van der Waals surface area contributed by atoms with Gasteiger partial charge in [-0.25, -0.2) is 0 Å². The monoisotopic (exact) mass is 468 g/mol. The number of hydrogen-bond donors (Lipinski definition) is 1. The lowest BCUT2D eigenvalue weighted by molar-refractivity contribution is -0.140. The molecule has 3 atom stereocenters. The first-order valence-electron chi connectivity index (χ1n) is 12.0. The summed E-state index contributed by atoms with van der Waals surface area (Å²) in [7, 11) is 0. The van der Waals surface area contributed by atoms with Gasteiger partial charge in [-0.2, -0.15) is 0 Å². The molecular formula is C28H37ClN2O2. The Morgan fingerprint density at radius 3 is 2.27 bits per heavy atom. The highest BCUT2D eigenvalue weighted by molar-refractivity contribution is 6.30. The molecule has 0 aromatic heterocycles. The van der Waals surface area contributed by atoms with Gasteiger partial charge in [-0.05, 0) is 52.8 Å². The molecule has 0 saturated carbocycles. The van der Waals surface area contributed by atoms with Crippen LogP contribution in [0.2, 0.25) is 5.02 Å². The maximum atomic E-state index is 13.5. The van der Waals surface area contributed by atoms with Gasteiger partial charge in [0.1, 0.15) is 6.04 Å². The van der Waals surface area contributed by atoms with Crippen molar-refractivity contribution in [3.63, 3.8) is 0 Å². The van der Waals surface area contributed by atoms with Crippen molar-refractivity contribution in [2.45, 2.75) is 65.3 Å². The average Bonchev–Trinajstić information content (AvgIpc) is 2.77. The largest absolute Gasteiger partial charge is 0.344 e. The second kappa shape index (κ2) is 10.7. The summed E-state index contributed by atoms with van der Waals surface area (Å²) < 4.78 is 0. The van der Waals surface area contributed by atoms with Crippen molar-refractivity contribution in [2.75, 3.05) is 13.1 Å². The van der Waals surface area contributed by atoms with Gasteiger partial charge in [-0.3, -0.25) is 9.59 Å². The SMILES string of the molecule is CC(CC(=O)N[C@@H](C(=O)N1CC[C@H](c2ccc(Cl)cc2)C(C)(C)C1)C(C)C)c1ccccc1. The van der Waals surface area contributed by atoms with Gasteiger partial charge in [0.15, 0.2) is 0 Å². The molecule has 2 aromatic carbocycles. The molecule has 1 unspecified atom stereocenters. The fraction of sp³-hybridized carbons (Fsp3) is 0.500. The first kappa shape index (κ1) is 25.3. The maximum Gasteiger partial charge on any atom is 0.245 e. The number of piperidine rings is 1. The van der Waals surface area contributed by atoms with Gasteiger partial charge >= 0.3 is 0 Å². The lowest BCUT2D eigenvalue weighted by Crippen LogP contribution is -2.56. The number of hydrogen-bond acceptors (Lipinski definition) is 2. The molecule has 1 fully saturated rings. The predicted octanol–water partition coefficient (Wildman–Crippen LogP) is 6.02. The van der Waals surface area contributed by atoms with Crippen LogP contribution < -0.4 is 5.32 Å². The minimum Gasteiger partial charge on any atom is -0.344 e. The number of nitrogens with zero attached hydrogens (tertiary/aromatic N) is 1. The van der Waals surface area contributed by atoms with Crippen molar-refractivity contribution in [3.8, 4) is 0 Å². The number of halogens is 1. The van der Waals surface area contributed by atoms with E-state index in [4.69, 9.17) is 11.6 Å². The van der Waals surface area contributed by atoms with Crippen molar-refractivity contribution in [2.24, 2.45) is 11.3 Å². The zero-order chi connectivity index (χ0) is 24.2. The molecule has 1 saturated heterocycles. The summed E-state index contributed by atoms with van der Waals surface area (Å²) >= 11 is 6.07. The third-order valence-corrected chi connectivity index (χ3v) is 7.17. The quantitative estimate of drug-likeness (QED) is 0.540. The molecule has 3 rings (SSSR count). The average molecular weight is 469 g/mol. The molecule has 0 radical (unpaired) electrons. The number of rotatable bonds is 7. The standard InChI is InChI=1S/C28H37ClN2O2/c1-19(2)26(30-25(32)17-20(3)21-9-7-6-8-10-21)27(33)31-16-15-24(28(4,5)18-31)22-11-13-23(29)14-12-22/h6-14,19-20,24,26H,15-18H2,1-5H3,(H,30,32)/t20?,24-,26-/m1/s1. The van der Waals surface area contributed by atoms with Gasteiger partial charge in [-0.1, -0.05) is 88.7 Å². The highest BCUT2D eigenvalue weighted by atomic mass is 35.5. The summed E-state index contributed by atoms with van der Waals surface area (Å²) in [4.78, 5) is 28.3. The fourth-order valence-electron chi connectivity index (χ4n) is 4.98. The molecule has 178 valence electrons. The number of carbonyl (C=O) groups is 2. The normalized spacial score (nSPS) is 19.7. The fourth-order valence-corrected chi connectivity index (χ4v) is 5.10. The number of carbonyl (C=O) groups excluding carboxylic acids is 2. The summed E-state index contributed by atoms with van der Waals surface area (Å²) in [5.74, 6) is 0.424. The van der Waals surface area contributed by atoms with Crippen LogP contribution in [-0.2, 0) is 9.59 Å². The van der Waals surface area contributed by atoms with E-state index in [-0.39, 0.29) is 29.1 Å². The van der Waals surface area contributed by atoms with Crippen LogP contribution in [0.4, 0.5) is 0 Å². The Kier molecular flexibility index (Phi) is 8.23. The van der Waals surface area contributed by atoms with E-state index in [9.17, 15) is 9.59 Å². The van der Waals surface area contributed by atoms with Crippen molar-refractivity contribution in [1.82, 2.24) is 10.2 Å². The first-order valence-corrected chi connectivity index (χ1v) is 12.3. The molecule has 1 aliphatic heterocycles. The van der Waals surface area contributed by atoms with E-state index >= 15 is 0 Å². The molecule has 1 heterocycles. The zero-order valence-corrected chi connectivity index (χ0v) is 21.2. The molecule has 2 aromatic rings. The van der Waals surface area contributed by atoms with E-state index in [2.05, 4.69) is 31.3 Å². The highest BCUT2D eigenvalue weighted by Gasteiger charge is 2.40. The molecule has 1 aliphatic rings. The Balaban J connectivity index is 1.64. The molecule has 1 N–H and O–H groups in total. The van der Waals surface area contributed by atoms with Gasteiger partial charge in [0.25, 0.3) is 0 Å². The van der Waals surface area contributed by atoms with E-state index in [1.54, 1.807) is 0 Å². The summed E-state index contributed by atoms with van der Waals surface area (Å²) in [5, 5.41) is 3.78. The predicted molar refractivity (Wildman–Crippen MR) is 135 cm³/mol. The minimum atomic E-state index is -0.511. The molecule has 2 amide bonds. The minimum absolute atomic E-state index is 0.0191. The van der Waals surface area contributed by atoms with Crippen molar-refractivity contribution >= 4 is 23.4 Å². The lowest BCUT2D eigenvalue weighted by Gasteiger charge is -2.45. The van der Waals surface area contributed by atoms with Gasteiger partial charge in [0, 0.05) is 24.5 Å². The second-order valence-corrected chi connectivity index (χ2v) is 10.9. The van der Waals surface area contributed by atoms with E-state index in [0.717, 1.165) is 17.0 Å². The Labute approximate surface area is 203 Å². The topological polar surface area (TPSA) is 49.4 Å². The van der Waals surface area contributed by atoms with Crippen LogP contribution in [0.3, 0.4) is 0 Å². The van der Waals surface area contributed by atoms with Crippen LogP contribution >= 0.6 is 11.6 Å². The van der Waals surface area contributed by atoms with Crippen LogP contribution in [0.1, 0.15) is 70.4 Å². The van der Waals surface area contributed by atoms with Gasteiger partial charge in [0.2, 0.25) is 11.8 Å². The van der Waals surface area contributed by atoms with E-state index in [1.165, 1.54) is 5.56 Å². The number of amides is 2. The Hall–Kier alpha value is -2.33. The molecule has 0 spiro atoms. The van der Waals surface area contributed by atoms with Crippen molar-refractivity contribution in [1.29, 1.82) is 0 Å². The second-order valence-electron chi connectivity index (χ2n) is 10.4. The van der Waals surface area contributed by atoms with Crippen LogP contribution in [0.15, 0.2) is 54.6 Å². The van der Waals surface area contributed by atoms with E-state index in [0.29, 0.717) is 25.4 Å². The highest BCUT2D eigenvalue weighted by Crippen LogP contribution is 2.42. The third kappa shape index (κ3) is 6.38. The third-order valence-electron chi connectivity index (χ3n) is 6.92. The number of benzene rings is 2. The van der Waals surface area contributed by atoms with Crippen LogP contribution in [0.25, 0.3) is 0 Å². The molecular weight excluding hydrogens is 432 g/mol. The zero-order valence-electron chi connectivity index (χ0n) is 20.5. The van der Waals surface area contributed by atoms with E-state index < -0.39 is 6.04 Å². The van der Waals surface area contributed by atoms with Crippen LogP contribution in [0.5, 0.6) is 0 Å². The molecule has 0 bridgehead atoms. The summed E-state index contributed by atoms with van der Waals surface area (Å²) in [5.41, 5.74) is 2.32. The van der Waals surface area contributed by atoms with Crippen molar-refractivity contribution < 1.29 is 9.59 Å². The first-order chi connectivity index (χ1) is 15.6. The number of likely N-dealkylation sites (tertiary alicyclic amines) is 1. The Bertz CT molecular complexity index is 940. The molecule has 33 heavy (non-hydrogen) atoms. The summed E-state index contributed by atoms with van der Waals surface area (Å²) in [6, 6.07) is 17.6. The van der Waals surface area contributed by atoms with Gasteiger partial charge in [0.05, 0.1) is 0 Å².